The molecule has 0 heterocycles. The molecule has 0 atom stereocenters. The average molecular weight is 304 g/mol. The van der Waals surface area contributed by atoms with Gasteiger partial charge in [-0.25, -0.2) is 0 Å². The zero-order valence-corrected chi connectivity index (χ0v) is 13.1. The van der Waals surface area contributed by atoms with E-state index in [-0.39, 0.29) is 5.91 Å². The quantitative estimate of drug-likeness (QED) is 0.896. The fraction of sp³-hybridized carbons (Fsp3) is 0.235. The first-order valence-electron chi connectivity index (χ1n) is 6.82. The molecule has 0 aliphatic carbocycles. The number of carbonyl (C=O) groups is 1. The number of hydrogen-bond donors (Lipinski definition) is 1. The Morgan fingerprint density at radius 2 is 1.90 bits per heavy atom. The second-order valence-corrected chi connectivity index (χ2v) is 5.26. The van der Waals surface area contributed by atoms with E-state index in [2.05, 4.69) is 5.32 Å². The van der Waals surface area contributed by atoms with Crippen molar-refractivity contribution in [3.05, 3.63) is 58.1 Å². The summed E-state index contributed by atoms with van der Waals surface area (Å²) in [5, 5.41) is 3.48. The van der Waals surface area contributed by atoms with Gasteiger partial charge >= 0.3 is 0 Å². The molecule has 2 aromatic carbocycles. The maximum absolute atomic E-state index is 12.3. The molecule has 0 radical (unpaired) electrons. The lowest BCUT2D eigenvalue weighted by atomic mass is 10.1. The van der Waals surface area contributed by atoms with Crippen LogP contribution in [0.5, 0.6) is 5.75 Å². The standard InChI is InChI=1S/C17H18ClNO2/c1-4-21-16-8-6-13(9-12(16)3)17(20)19-15-10-14(18)7-5-11(15)2/h5-10H,4H2,1-3H3,(H,19,20). The minimum Gasteiger partial charge on any atom is -0.494 e. The van der Waals surface area contributed by atoms with Crippen LogP contribution in [0.15, 0.2) is 36.4 Å². The highest BCUT2D eigenvalue weighted by atomic mass is 35.5. The van der Waals surface area contributed by atoms with Gasteiger partial charge in [0.2, 0.25) is 0 Å². The summed E-state index contributed by atoms with van der Waals surface area (Å²) in [5.41, 5.74) is 3.22. The molecule has 110 valence electrons. The van der Waals surface area contributed by atoms with Gasteiger partial charge < -0.3 is 10.1 Å². The molecule has 0 saturated heterocycles. The molecule has 3 nitrogen and oxygen atoms in total. The van der Waals surface area contributed by atoms with Crippen molar-refractivity contribution in [3.8, 4) is 5.75 Å². The zero-order valence-electron chi connectivity index (χ0n) is 12.4. The van der Waals surface area contributed by atoms with Crippen LogP contribution in [-0.4, -0.2) is 12.5 Å². The first kappa shape index (κ1) is 15.4. The summed E-state index contributed by atoms with van der Waals surface area (Å²) < 4.78 is 5.48. The summed E-state index contributed by atoms with van der Waals surface area (Å²) in [5.74, 6) is 0.638. The largest absolute Gasteiger partial charge is 0.494 e. The van der Waals surface area contributed by atoms with Crippen molar-refractivity contribution in [2.45, 2.75) is 20.8 Å². The molecule has 0 aliphatic rings. The highest BCUT2D eigenvalue weighted by Gasteiger charge is 2.10. The van der Waals surface area contributed by atoms with Crippen molar-refractivity contribution in [1.82, 2.24) is 0 Å². The van der Waals surface area contributed by atoms with E-state index in [4.69, 9.17) is 16.3 Å². The Morgan fingerprint density at radius 3 is 2.57 bits per heavy atom. The third-order valence-electron chi connectivity index (χ3n) is 3.18. The maximum Gasteiger partial charge on any atom is 0.255 e. The van der Waals surface area contributed by atoms with Crippen LogP contribution in [0.1, 0.15) is 28.4 Å². The first-order valence-corrected chi connectivity index (χ1v) is 7.20. The second-order valence-electron chi connectivity index (χ2n) is 4.83. The Hall–Kier alpha value is -2.00. The van der Waals surface area contributed by atoms with Gasteiger partial charge in [-0.2, -0.15) is 0 Å². The fourth-order valence-corrected chi connectivity index (χ4v) is 2.20. The molecule has 21 heavy (non-hydrogen) atoms. The lowest BCUT2D eigenvalue weighted by molar-refractivity contribution is 0.102. The number of benzene rings is 2. The number of hydrogen-bond acceptors (Lipinski definition) is 2. The second kappa shape index (κ2) is 6.64. The molecular formula is C17H18ClNO2. The van der Waals surface area contributed by atoms with E-state index in [0.29, 0.717) is 17.2 Å². The Bertz CT molecular complexity index is 668. The topological polar surface area (TPSA) is 38.3 Å². The summed E-state index contributed by atoms with van der Waals surface area (Å²) >= 11 is 5.96. The van der Waals surface area contributed by atoms with Crippen LogP contribution in [0, 0.1) is 13.8 Å². The van der Waals surface area contributed by atoms with Crippen LogP contribution in [-0.2, 0) is 0 Å². The Kier molecular flexibility index (Phi) is 4.86. The molecule has 2 rings (SSSR count). The van der Waals surface area contributed by atoms with Gasteiger partial charge in [0, 0.05) is 16.3 Å². The van der Waals surface area contributed by atoms with Gasteiger partial charge in [-0.1, -0.05) is 17.7 Å². The summed E-state index contributed by atoms with van der Waals surface area (Å²) in [4.78, 5) is 12.3. The SMILES string of the molecule is CCOc1ccc(C(=O)Nc2cc(Cl)ccc2C)cc1C. The zero-order chi connectivity index (χ0) is 15.4. The van der Waals surface area contributed by atoms with E-state index in [1.54, 1.807) is 18.2 Å². The van der Waals surface area contributed by atoms with Crippen molar-refractivity contribution in [2.75, 3.05) is 11.9 Å². The van der Waals surface area contributed by atoms with E-state index in [1.165, 1.54) is 0 Å². The molecule has 0 aliphatic heterocycles. The van der Waals surface area contributed by atoms with Gasteiger partial charge in [-0.05, 0) is 62.2 Å². The molecule has 1 amide bonds. The lowest BCUT2D eigenvalue weighted by Gasteiger charge is -2.11. The lowest BCUT2D eigenvalue weighted by Crippen LogP contribution is -2.13. The number of rotatable bonds is 4. The van der Waals surface area contributed by atoms with Crippen molar-refractivity contribution >= 4 is 23.2 Å². The molecule has 0 aromatic heterocycles. The van der Waals surface area contributed by atoms with Crippen LogP contribution >= 0.6 is 11.6 Å². The number of anilines is 1. The van der Waals surface area contributed by atoms with Crippen LogP contribution in [0.4, 0.5) is 5.69 Å². The first-order chi connectivity index (χ1) is 10.0. The number of nitrogens with one attached hydrogen (secondary N) is 1. The number of aryl methyl sites for hydroxylation is 2. The molecule has 0 bridgehead atoms. The Labute approximate surface area is 129 Å². The minimum absolute atomic E-state index is 0.161. The molecule has 1 N–H and O–H groups in total. The summed E-state index contributed by atoms with van der Waals surface area (Å²) in [6.07, 6.45) is 0. The summed E-state index contributed by atoms with van der Waals surface area (Å²) in [6.45, 7) is 6.39. The normalized spacial score (nSPS) is 10.3. The molecule has 0 spiro atoms. The van der Waals surface area contributed by atoms with E-state index < -0.39 is 0 Å². The van der Waals surface area contributed by atoms with Gasteiger partial charge in [0.25, 0.3) is 5.91 Å². The summed E-state index contributed by atoms with van der Waals surface area (Å²) in [7, 11) is 0. The molecule has 0 unspecified atom stereocenters. The van der Waals surface area contributed by atoms with E-state index in [0.717, 1.165) is 22.6 Å². The maximum atomic E-state index is 12.3. The molecule has 0 saturated carbocycles. The van der Waals surface area contributed by atoms with Crippen LogP contribution in [0.3, 0.4) is 0 Å². The minimum atomic E-state index is -0.161. The predicted octanol–water partition coefficient (Wildman–Crippen LogP) is 4.61. The van der Waals surface area contributed by atoms with E-state index in [9.17, 15) is 4.79 Å². The number of halogens is 1. The summed E-state index contributed by atoms with van der Waals surface area (Å²) in [6, 6.07) is 10.8. The van der Waals surface area contributed by atoms with Gasteiger partial charge in [-0.3, -0.25) is 4.79 Å². The molecule has 0 fully saturated rings. The van der Waals surface area contributed by atoms with Gasteiger partial charge in [0.05, 0.1) is 6.61 Å². The highest BCUT2D eigenvalue weighted by molar-refractivity contribution is 6.31. The van der Waals surface area contributed by atoms with Crippen LogP contribution in [0.25, 0.3) is 0 Å². The predicted molar refractivity (Wildman–Crippen MR) is 86.5 cm³/mol. The number of carbonyl (C=O) groups excluding carboxylic acids is 1. The van der Waals surface area contributed by atoms with Crippen molar-refractivity contribution in [2.24, 2.45) is 0 Å². The smallest absolute Gasteiger partial charge is 0.255 e. The Morgan fingerprint density at radius 1 is 1.14 bits per heavy atom. The van der Waals surface area contributed by atoms with Crippen molar-refractivity contribution in [1.29, 1.82) is 0 Å². The number of amides is 1. The van der Waals surface area contributed by atoms with Gasteiger partial charge in [-0.15, -0.1) is 0 Å². The average Bonchev–Trinajstić information content (AvgIpc) is 2.45. The Balaban J connectivity index is 2.20. The van der Waals surface area contributed by atoms with Crippen LogP contribution < -0.4 is 10.1 Å². The third-order valence-corrected chi connectivity index (χ3v) is 3.42. The third kappa shape index (κ3) is 3.76. The van der Waals surface area contributed by atoms with Gasteiger partial charge in [0.15, 0.2) is 0 Å². The molecule has 4 heteroatoms. The van der Waals surface area contributed by atoms with Gasteiger partial charge in [0.1, 0.15) is 5.75 Å². The monoisotopic (exact) mass is 303 g/mol. The van der Waals surface area contributed by atoms with E-state index >= 15 is 0 Å². The number of ether oxygens (including phenoxy) is 1. The molecule has 2 aromatic rings. The highest BCUT2D eigenvalue weighted by Crippen LogP contribution is 2.23. The van der Waals surface area contributed by atoms with Crippen LogP contribution in [0.2, 0.25) is 5.02 Å². The fourth-order valence-electron chi connectivity index (χ4n) is 2.03. The van der Waals surface area contributed by atoms with Crippen molar-refractivity contribution in [3.63, 3.8) is 0 Å². The van der Waals surface area contributed by atoms with E-state index in [1.807, 2.05) is 39.0 Å². The molecular weight excluding hydrogens is 286 g/mol. The van der Waals surface area contributed by atoms with Crippen molar-refractivity contribution < 1.29 is 9.53 Å².